The highest BCUT2D eigenvalue weighted by molar-refractivity contribution is 5.99. The number of primary amides is 1. The average molecular weight is 1220 g/mol. The SMILES string of the molecule is CCCCCCCCCCCCCCCC(=O)NCCN(CCNC(=O)CCCCCCCCCCCCCCC)C(=O)/C=C\C(=O)N[C@@H](CCCN=C(N)N)C(=O)N[C@@H](CCCN=C(N)N)C(N)=O.O=C(O)C(F)(F)F.O=C(O)C(F)(F)F. The maximum absolute atomic E-state index is 13.5. The minimum atomic E-state index is -5.08. The fourth-order valence-electron chi connectivity index (χ4n) is 8.08. The van der Waals surface area contributed by atoms with E-state index in [-0.39, 0.29) is 75.8 Å². The summed E-state index contributed by atoms with van der Waals surface area (Å²) in [7, 11) is 0. The molecule has 84 heavy (non-hydrogen) atoms. The van der Waals surface area contributed by atoms with Crippen molar-refractivity contribution in [1.82, 2.24) is 26.2 Å². The third-order valence-electron chi connectivity index (χ3n) is 12.8. The van der Waals surface area contributed by atoms with Gasteiger partial charge in [-0.3, -0.25) is 38.8 Å². The number of carbonyl (C=O) groups is 8. The summed E-state index contributed by atoms with van der Waals surface area (Å²) < 4.78 is 63.5. The highest BCUT2D eigenvalue weighted by Gasteiger charge is 2.39. The van der Waals surface area contributed by atoms with Gasteiger partial charge in [0, 0.05) is 64.3 Å². The quantitative estimate of drug-likeness (QED) is 0.00930. The second kappa shape index (κ2) is 53.4. The largest absolute Gasteiger partial charge is 0.490 e. The number of guanidine groups is 2. The molecule has 0 saturated carbocycles. The van der Waals surface area contributed by atoms with E-state index in [1.165, 1.54) is 133 Å². The van der Waals surface area contributed by atoms with Crippen LogP contribution >= 0.6 is 0 Å². The molecule has 0 aliphatic carbocycles. The molecule has 0 aromatic heterocycles. The van der Waals surface area contributed by atoms with Crippen LogP contribution in [0, 0.1) is 0 Å². The smallest absolute Gasteiger partial charge is 0.475 e. The maximum Gasteiger partial charge on any atom is 0.490 e. The Hall–Kier alpha value is -6.38. The molecule has 0 bridgehead atoms. The predicted molar refractivity (Wildman–Crippen MR) is 313 cm³/mol. The number of halogens is 6. The zero-order valence-corrected chi connectivity index (χ0v) is 49.8. The number of carboxylic acid groups (broad SMARTS) is 2. The van der Waals surface area contributed by atoms with Crippen LogP contribution in [0.25, 0.3) is 0 Å². The molecular formula is C56H102F6N12O10. The minimum absolute atomic E-state index is 0.0898. The molecule has 0 aliphatic heterocycles. The van der Waals surface area contributed by atoms with Crippen LogP contribution in [0.15, 0.2) is 22.1 Å². The van der Waals surface area contributed by atoms with E-state index in [1.54, 1.807) is 0 Å². The Labute approximate surface area is 492 Å². The van der Waals surface area contributed by atoms with E-state index in [4.69, 9.17) is 48.5 Å². The lowest BCUT2D eigenvalue weighted by atomic mass is 10.0. The third kappa shape index (κ3) is 56.1. The van der Waals surface area contributed by atoms with E-state index in [2.05, 4.69) is 45.1 Å². The Morgan fingerprint density at radius 2 is 0.774 bits per heavy atom. The van der Waals surface area contributed by atoms with Crippen molar-refractivity contribution in [2.45, 2.75) is 244 Å². The molecule has 0 spiro atoms. The number of unbranched alkanes of at least 4 members (excludes halogenated alkanes) is 24. The van der Waals surface area contributed by atoms with E-state index < -0.39 is 60.0 Å². The molecule has 0 radical (unpaired) electrons. The number of aliphatic carboxylic acids is 2. The Balaban J connectivity index is -0.00000412. The van der Waals surface area contributed by atoms with Crippen molar-refractivity contribution in [1.29, 1.82) is 0 Å². The van der Waals surface area contributed by atoms with Crippen LogP contribution in [0.3, 0.4) is 0 Å². The number of rotatable bonds is 48. The molecule has 0 aromatic rings. The van der Waals surface area contributed by atoms with Crippen molar-refractivity contribution < 1.29 is 74.9 Å². The van der Waals surface area contributed by atoms with Gasteiger partial charge in [0.1, 0.15) is 12.1 Å². The molecule has 6 amide bonds. The molecule has 0 rings (SSSR count). The molecular weight excluding hydrogens is 1110 g/mol. The number of nitrogens with two attached hydrogens (primary N) is 5. The molecule has 2 atom stereocenters. The van der Waals surface area contributed by atoms with E-state index >= 15 is 0 Å². The molecule has 16 N–H and O–H groups in total. The van der Waals surface area contributed by atoms with Crippen LogP contribution in [0.1, 0.15) is 219 Å². The summed E-state index contributed by atoms with van der Waals surface area (Å²) in [5.74, 6) is -8.64. The number of nitrogens with zero attached hydrogens (tertiary/aromatic N) is 3. The number of nitrogens with one attached hydrogen (secondary N) is 4. The molecule has 0 saturated heterocycles. The van der Waals surface area contributed by atoms with Crippen LogP contribution in [-0.2, 0) is 38.4 Å². The van der Waals surface area contributed by atoms with E-state index in [1.807, 2.05) is 0 Å². The van der Waals surface area contributed by atoms with Crippen molar-refractivity contribution >= 4 is 59.3 Å². The Bertz CT molecular complexity index is 1830. The number of alkyl halides is 6. The summed E-state index contributed by atoms with van der Waals surface area (Å²) in [6.07, 6.45) is 25.4. The first-order valence-corrected chi connectivity index (χ1v) is 29.8. The highest BCUT2D eigenvalue weighted by atomic mass is 19.4. The highest BCUT2D eigenvalue weighted by Crippen LogP contribution is 2.16. The molecule has 0 aliphatic rings. The first-order chi connectivity index (χ1) is 39.7. The van der Waals surface area contributed by atoms with Gasteiger partial charge in [-0.25, -0.2) is 9.59 Å². The first kappa shape index (κ1) is 81.8. The lowest BCUT2D eigenvalue weighted by Gasteiger charge is -2.22. The summed E-state index contributed by atoms with van der Waals surface area (Å²) in [5.41, 5.74) is 27.2. The van der Waals surface area contributed by atoms with Gasteiger partial charge in [0.15, 0.2) is 11.9 Å². The monoisotopic (exact) mass is 1220 g/mol. The van der Waals surface area contributed by atoms with Gasteiger partial charge in [-0.05, 0) is 38.5 Å². The van der Waals surface area contributed by atoms with Gasteiger partial charge in [-0.15, -0.1) is 0 Å². The summed E-state index contributed by atoms with van der Waals surface area (Å²) in [4.78, 5) is 105. The Morgan fingerprint density at radius 1 is 0.464 bits per heavy atom. The first-order valence-electron chi connectivity index (χ1n) is 29.8. The topological polar surface area (TPSA) is 383 Å². The average Bonchev–Trinajstić information content (AvgIpc) is 3.49. The van der Waals surface area contributed by atoms with Gasteiger partial charge in [-0.1, -0.05) is 168 Å². The standard InChI is InChI=1S/C52H100N12O6.2C2HF3O2/c1-3-5-7-9-11-13-15-17-19-21-23-25-27-33-45(65)58-39-41-64(42-40-59-46(66)34-28-26-24-22-20-18-16-14-12-10-8-6-4-2)48(68)36-35-47(67)62-44(32-30-38-61-52(56)57)50(70)63-43(49(53)69)31-29-37-60-51(54)55;2*3-2(4,5)1(6)7/h35-36,43-44H,3-34,37-42H2,1-2H3,(H2,53,69)(H,58,65)(H,59,66)(H,62,67)(H,63,70)(H4,54,55,60)(H4,56,57,61);2*(H,6,7)/b36-35-;;/t43-,44-;;/m0../s1. The van der Waals surface area contributed by atoms with Gasteiger partial charge in [-0.2, -0.15) is 26.3 Å². The van der Waals surface area contributed by atoms with Crippen LogP contribution in [0.2, 0.25) is 0 Å². The summed E-state index contributed by atoms with van der Waals surface area (Å²) in [6, 6.07) is -2.19. The number of amides is 6. The fraction of sp³-hybridized carbons (Fsp3) is 0.786. The molecule has 22 nitrogen and oxygen atoms in total. The lowest BCUT2D eigenvalue weighted by molar-refractivity contribution is -0.193. The third-order valence-corrected chi connectivity index (χ3v) is 12.8. The minimum Gasteiger partial charge on any atom is -0.475 e. The van der Waals surface area contributed by atoms with Crippen LogP contribution in [-0.4, -0.2) is 138 Å². The second-order valence-corrected chi connectivity index (χ2v) is 20.4. The van der Waals surface area contributed by atoms with Crippen LogP contribution in [0.5, 0.6) is 0 Å². The molecule has 488 valence electrons. The van der Waals surface area contributed by atoms with Crippen LogP contribution < -0.4 is 49.9 Å². The molecule has 0 heterocycles. The Morgan fingerprint density at radius 3 is 1.07 bits per heavy atom. The van der Waals surface area contributed by atoms with E-state index in [9.17, 15) is 55.1 Å². The van der Waals surface area contributed by atoms with E-state index in [0.29, 0.717) is 25.7 Å². The maximum atomic E-state index is 13.5. The molecule has 0 unspecified atom stereocenters. The van der Waals surface area contributed by atoms with Gasteiger partial charge in [0.2, 0.25) is 35.4 Å². The van der Waals surface area contributed by atoms with Crippen molar-refractivity contribution in [3.63, 3.8) is 0 Å². The normalized spacial score (nSPS) is 11.8. The van der Waals surface area contributed by atoms with Gasteiger partial charge in [0.25, 0.3) is 0 Å². The van der Waals surface area contributed by atoms with Crippen molar-refractivity contribution in [2.75, 3.05) is 39.3 Å². The summed E-state index contributed by atoms with van der Waals surface area (Å²) in [6.45, 7) is 5.57. The predicted octanol–water partition coefficient (Wildman–Crippen LogP) is 7.39. The zero-order valence-electron chi connectivity index (χ0n) is 49.8. The van der Waals surface area contributed by atoms with Gasteiger partial charge in [0.05, 0.1) is 0 Å². The second-order valence-electron chi connectivity index (χ2n) is 20.4. The number of hydrogen-bond acceptors (Lipinski definition) is 10. The van der Waals surface area contributed by atoms with Crippen molar-refractivity contribution in [2.24, 2.45) is 38.7 Å². The zero-order chi connectivity index (χ0) is 64.0. The number of hydrogen-bond donors (Lipinski definition) is 11. The number of carboxylic acids is 2. The van der Waals surface area contributed by atoms with Gasteiger partial charge < -0.3 is 65.0 Å². The molecule has 0 aromatic carbocycles. The summed E-state index contributed by atoms with van der Waals surface area (Å²) in [5, 5.41) is 25.3. The fourth-order valence-corrected chi connectivity index (χ4v) is 8.08. The van der Waals surface area contributed by atoms with E-state index in [0.717, 1.165) is 50.7 Å². The van der Waals surface area contributed by atoms with Crippen molar-refractivity contribution in [3.8, 4) is 0 Å². The number of carbonyl (C=O) groups excluding carboxylic acids is 6. The van der Waals surface area contributed by atoms with Gasteiger partial charge >= 0.3 is 24.3 Å². The van der Waals surface area contributed by atoms with Crippen molar-refractivity contribution in [3.05, 3.63) is 12.2 Å². The summed E-state index contributed by atoms with van der Waals surface area (Å²) >= 11 is 0. The Kier molecular flexibility index (Phi) is 52.0. The van der Waals surface area contributed by atoms with Crippen LogP contribution in [0.4, 0.5) is 26.3 Å². The lowest BCUT2D eigenvalue weighted by Crippen LogP contribution is -2.52. The molecule has 28 heteroatoms. The molecule has 0 fully saturated rings. The number of aliphatic imine (C=N–C) groups is 2.